The topological polar surface area (TPSA) is 38.3 Å². The predicted octanol–water partition coefficient (Wildman–Crippen LogP) is 1.27. The lowest BCUT2D eigenvalue weighted by molar-refractivity contribution is -0.142. The van der Waals surface area contributed by atoms with E-state index < -0.39 is 23.6 Å². The van der Waals surface area contributed by atoms with Crippen molar-refractivity contribution in [2.45, 2.75) is 12.5 Å². The minimum Gasteiger partial charge on any atom is -0.468 e. The molecule has 0 aromatic heterocycles. The van der Waals surface area contributed by atoms with Gasteiger partial charge in [0.2, 0.25) is 0 Å². The van der Waals surface area contributed by atoms with Gasteiger partial charge in [-0.2, -0.15) is 0 Å². The molecule has 0 fully saturated rings. The van der Waals surface area contributed by atoms with Gasteiger partial charge in [0, 0.05) is 6.07 Å². The first kappa shape index (κ1) is 12.6. The Kier molecular flexibility index (Phi) is 4.37. The molecule has 88 valence electrons. The van der Waals surface area contributed by atoms with E-state index in [1.54, 1.807) is 7.05 Å². The standard InChI is InChI=1S/C11H13F2NO2/c1-14-10(11(15)16-2)5-7-3-8(12)6-9(13)4-7/h3-4,6,10,14H,5H2,1-2H3/t10-/m0/s1. The number of likely N-dealkylation sites (N-methyl/N-ethyl adjacent to an activating group) is 1. The molecule has 0 heterocycles. The van der Waals surface area contributed by atoms with Gasteiger partial charge in [-0.15, -0.1) is 0 Å². The van der Waals surface area contributed by atoms with E-state index in [0.29, 0.717) is 5.56 Å². The molecule has 0 spiro atoms. The highest BCUT2D eigenvalue weighted by molar-refractivity contribution is 5.76. The average molecular weight is 229 g/mol. The number of esters is 1. The molecule has 1 atom stereocenters. The number of halogens is 2. The number of nitrogens with one attached hydrogen (secondary N) is 1. The summed E-state index contributed by atoms with van der Waals surface area (Å²) >= 11 is 0. The van der Waals surface area contributed by atoms with Crippen LogP contribution in [-0.2, 0) is 16.0 Å². The summed E-state index contributed by atoms with van der Waals surface area (Å²) in [6.07, 6.45) is 0.178. The van der Waals surface area contributed by atoms with Crippen LogP contribution in [0.1, 0.15) is 5.56 Å². The van der Waals surface area contributed by atoms with Crippen LogP contribution in [0.25, 0.3) is 0 Å². The lowest BCUT2D eigenvalue weighted by Crippen LogP contribution is -2.36. The zero-order valence-electron chi connectivity index (χ0n) is 9.09. The lowest BCUT2D eigenvalue weighted by atomic mass is 10.1. The minimum absolute atomic E-state index is 0.178. The molecule has 5 heteroatoms. The van der Waals surface area contributed by atoms with Crippen LogP contribution < -0.4 is 5.32 Å². The summed E-state index contributed by atoms with van der Waals surface area (Å²) < 4.78 is 30.3. The fraction of sp³-hybridized carbons (Fsp3) is 0.364. The Balaban J connectivity index is 2.81. The fourth-order valence-corrected chi connectivity index (χ4v) is 1.41. The van der Waals surface area contributed by atoms with E-state index in [-0.39, 0.29) is 6.42 Å². The van der Waals surface area contributed by atoms with Crippen molar-refractivity contribution < 1.29 is 18.3 Å². The van der Waals surface area contributed by atoms with E-state index in [4.69, 9.17) is 0 Å². The number of methoxy groups -OCH3 is 1. The van der Waals surface area contributed by atoms with E-state index in [2.05, 4.69) is 10.1 Å². The molecule has 0 aliphatic rings. The average Bonchev–Trinajstić information content (AvgIpc) is 2.23. The molecule has 1 rings (SSSR count). The molecule has 0 aliphatic heterocycles. The van der Waals surface area contributed by atoms with Crippen LogP contribution in [0.5, 0.6) is 0 Å². The van der Waals surface area contributed by atoms with Crippen molar-refractivity contribution in [3.8, 4) is 0 Å². The normalized spacial score (nSPS) is 12.2. The van der Waals surface area contributed by atoms with E-state index in [0.717, 1.165) is 6.07 Å². The zero-order chi connectivity index (χ0) is 12.1. The Hall–Kier alpha value is -1.49. The third-order valence-corrected chi connectivity index (χ3v) is 2.20. The Labute approximate surface area is 92.4 Å². The highest BCUT2D eigenvalue weighted by atomic mass is 19.1. The Bertz CT molecular complexity index is 362. The van der Waals surface area contributed by atoms with E-state index in [1.165, 1.54) is 19.2 Å². The predicted molar refractivity (Wildman–Crippen MR) is 54.9 cm³/mol. The summed E-state index contributed by atoms with van der Waals surface area (Å²) in [5.41, 5.74) is 0.405. The summed E-state index contributed by atoms with van der Waals surface area (Å²) in [6, 6.07) is 2.56. The molecule has 0 saturated carbocycles. The van der Waals surface area contributed by atoms with Gasteiger partial charge in [0.25, 0.3) is 0 Å². The van der Waals surface area contributed by atoms with Crippen molar-refractivity contribution in [3.63, 3.8) is 0 Å². The number of hydrogen-bond donors (Lipinski definition) is 1. The van der Waals surface area contributed by atoms with Gasteiger partial charge in [0.15, 0.2) is 0 Å². The van der Waals surface area contributed by atoms with Gasteiger partial charge >= 0.3 is 5.97 Å². The maximum atomic E-state index is 12.9. The molecule has 16 heavy (non-hydrogen) atoms. The highest BCUT2D eigenvalue weighted by Gasteiger charge is 2.17. The lowest BCUT2D eigenvalue weighted by Gasteiger charge is -2.13. The molecule has 1 N–H and O–H groups in total. The Morgan fingerprint density at radius 3 is 2.38 bits per heavy atom. The third kappa shape index (κ3) is 3.27. The molecule has 0 amide bonds. The largest absolute Gasteiger partial charge is 0.468 e. The number of ether oxygens (including phenoxy) is 1. The van der Waals surface area contributed by atoms with Crippen LogP contribution in [0.3, 0.4) is 0 Å². The minimum atomic E-state index is -0.658. The Morgan fingerprint density at radius 2 is 1.94 bits per heavy atom. The smallest absolute Gasteiger partial charge is 0.323 e. The monoisotopic (exact) mass is 229 g/mol. The van der Waals surface area contributed by atoms with Crippen molar-refractivity contribution in [1.29, 1.82) is 0 Å². The van der Waals surface area contributed by atoms with Crippen LogP contribution in [0, 0.1) is 11.6 Å². The SMILES string of the molecule is CN[C@@H](Cc1cc(F)cc(F)c1)C(=O)OC. The van der Waals surface area contributed by atoms with Crippen molar-refractivity contribution >= 4 is 5.97 Å². The van der Waals surface area contributed by atoms with Crippen LogP contribution in [-0.4, -0.2) is 26.2 Å². The van der Waals surface area contributed by atoms with Gasteiger partial charge in [0.05, 0.1) is 7.11 Å². The Morgan fingerprint density at radius 1 is 1.38 bits per heavy atom. The second kappa shape index (κ2) is 5.55. The summed E-state index contributed by atoms with van der Waals surface area (Å²) in [5, 5.41) is 2.72. The summed E-state index contributed by atoms with van der Waals surface area (Å²) in [7, 11) is 2.84. The first-order valence-corrected chi connectivity index (χ1v) is 4.77. The number of hydrogen-bond acceptors (Lipinski definition) is 3. The van der Waals surface area contributed by atoms with Crippen molar-refractivity contribution in [3.05, 3.63) is 35.4 Å². The van der Waals surface area contributed by atoms with Crippen LogP contribution in [0.4, 0.5) is 8.78 Å². The molecule has 1 aromatic carbocycles. The van der Waals surface area contributed by atoms with Crippen molar-refractivity contribution in [1.82, 2.24) is 5.32 Å². The van der Waals surface area contributed by atoms with Gasteiger partial charge in [-0.1, -0.05) is 0 Å². The van der Waals surface area contributed by atoms with Crippen LogP contribution in [0.2, 0.25) is 0 Å². The zero-order valence-corrected chi connectivity index (χ0v) is 9.09. The molecule has 0 bridgehead atoms. The van der Waals surface area contributed by atoms with Crippen molar-refractivity contribution in [2.24, 2.45) is 0 Å². The van der Waals surface area contributed by atoms with E-state index in [1.807, 2.05) is 0 Å². The molecule has 1 aromatic rings. The summed E-state index contributed by atoms with van der Waals surface area (Å²) in [5.74, 6) is -1.78. The van der Waals surface area contributed by atoms with E-state index >= 15 is 0 Å². The first-order valence-electron chi connectivity index (χ1n) is 4.77. The first-order chi connectivity index (χ1) is 7.56. The number of rotatable bonds is 4. The summed E-state index contributed by atoms with van der Waals surface area (Å²) in [6.45, 7) is 0. The number of carbonyl (C=O) groups is 1. The van der Waals surface area contributed by atoms with Crippen LogP contribution >= 0.6 is 0 Å². The molecule has 0 saturated heterocycles. The fourth-order valence-electron chi connectivity index (χ4n) is 1.41. The number of benzene rings is 1. The van der Waals surface area contributed by atoms with Gasteiger partial charge in [-0.25, -0.2) is 8.78 Å². The quantitative estimate of drug-likeness (QED) is 0.790. The number of carbonyl (C=O) groups excluding carboxylic acids is 1. The molecule has 0 radical (unpaired) electrons. The van der Waals surface area contributed by atoms with Crippen LogP contribution in [0.15, 0.2) is 18.2 Å². The molecular weight excluding hydrogens is 216 g/mol. The molecule has 0 unspecified atom stereocenters. The molecule has 3 nitrogen and oxygen atoms in total. The van der Waals surface area contributed by atoms with E-state index in [9.17, 15) is 13.6 Å². The highest BCUT2D eigenvalue weighted by Crippen LogP contribution is 2.10. The summed E-state index contributed by atoms with van der Waals surface area (Å²) in [4.78, 5) is 11.2. The second-order valence-corrected chi connectivity index (χ2v) is 3.35. The van der Waals surface area contributed by atoms with Crippen molar-refractivity contribution in [2.75, 3.05) is 14.2 Å². The van der Waals surface area contributed by atoms with Gasteiger partial charge in [0.1, 0.15) is 17.7 Å². The van der Waals surface area contributed by atoms with Gasteiger partial charge in [-0.05, 0) is 31.2 Å². The molecular formula is C11H13F2NO2. The second-order valence-electron chi connectivity index (χ2n) is 3.35. The van der Waals surface area contributed by atoms with Gasteiger partial charge in [-0.3, -0.25) is 4.79 Å². The molecule has 0 aliphatic carbocycles. The van der Waals surface area contributed by atoms with Gasteiger partial charge < -0.3 is 10.1 Å². The third-order valence-electron chi connectivity index (χ3n) is 2.20. The maximum Gasteiger partial charge on any atom is 0.323 e. The maximum absolute atomic E-state index is 12.9.